The molecule has 10 heteroatoms. The fourth-order valence-corrected chi connectivity index (χ4v) is 6.09. The molecule has 0 aliphatic carbocycles. The first-order valence-electron chi connectivity index (χ1n) is 14.0. The largest absolute Gasteiger partial charge is 0.323 e. The minimum atomic E-state index is -0.629. The molecule has 5 rings (SSSR count). The molecule has 1 unspecified atom stereocenters. The minimum Gasteiger partial charge on any atom is -0.323 e. The molecule has 1 atom stereocenters. The van der Waals surface area contributed by atoms with E-state index in [0.29, 0.717) is 37.6 Å². The Hall–Kier alpha value is -4.53. The van der Waals surface area contributed by atoms with Gasteiger partial charge in [-0.2, -0.15) is 0 Å². The highest BCUT2D eigenvalue weighted by Gasteiger charge is 2.23. The van der Waals surface area contributed by atoms with Crippen molar-refractivity contribution in [3.63, 3.8) is 0 Å². The summed E-state index contributed by atoms with van der Waals surface area (Å²) in [6.07, 6.45) is 1.48. The van der Waals surface area contributed by atoms with E-state index in [1.807, 2.05) is 36.4 Å². The Balaban J connectivity index is 1.39. The lowest BCUT2D eigenvalue weighted by molar-refractivity contribution is -0.116. The molecule has 3 N–H and O–H groups in total. The summed E-state index contributed by atoms with van der Waals surface area (Å²) < 4.78 is 0. The zero-order chi connectivity index (χ0) is 32.5. The Morgan fingerprint density at radius 3 is 2.09 bits per heavy atom. The normalized spacial score (nSPS) is 11.8. The Morgan fingerprint density at radius 1 is 0.674 bits per heavy atom. The van der Waals surface area contributed by atoms with Crippen molar-refractivity contribution in [1.29, 1.82) is 0 Å². The zero-order valence-electron chi connectivity index (χ0n) is 24.0. The number of carbonyl (C=O) groups excluding carboxylic acids is 3. The third kappa shape index (κ3) is 8.80. The van der Waals surface area contributed by atoms with Crippen molar-refractivity contribution in [2.45, 2.75) is 10.1 Å². The van der Waals surface area contributed by atoms with Crippen LogP contribution in [0.2, 0.25) is 15.1 Å². The molecule has 5 aromatic carbocycles. The van der Waals surface area contributed by atoms with Crippen molar-refractivity contribution in [1.82, 2.24) is 5.32 Å². The van der Waals surface area contributed by atoms with E-state index in [9.17, 15) is 14.4 Å². The van der Waals surface area contributed by atoms with E-state index in [1.54, 1.807) is 91.0 Å². The lowest BCUT2D eigenvalue weighted by atomic mass is 10.1. The maximum absolute atomic E-state index is 13.6. The van der Waals surface area contributed by atoms with Gasteiger partial charge in [0.25, 0.3) is 11.8 Å². The summed E-state index contributed by atoms with van der Waals surface area (Å²) in [7, 11) is 0. The molecule has 230 valence electrons. The van der Waals surface area contributed by atoms with Crippen molar-refractivity contribution in [3.8, 4) is 0 Å². The van der Waals surface area contributed by atoms with Crippen molar-refractivity contribution < 1.29 is 14.4 Å². The van der Waals surface area contributed by atoms with Gasteiger partial charge >= 0.3 is 0 Å². The van der Waals surface area contributed by atoms with Crippen LogP contribution in [0.1, 0.15) is 26.7 Å². The van der Waals surface area contributed by atoms with E-state index < -0.39 is 17.1 Å². The Labute approximate surface area is 285 Å². The van der Waals surface area contributed by atoms with Crippen molar-refractivity contribution in [3.05, 3.63) is 165 Å². The number of hydrogen-bond acceptors (Lipinski definition) is 4. The summed E-state index contributed by atoms with van der Waals surface area (Å²) in [5.41, 5.74) is 2.59. The van der Waals surface area contributed by atoms with Gasteiger partial charge in [0.1, 0.15) is 10.9 Å². The van der Waals surface area contributed by atoms with E-state index in [0.717, 1.165) is 10.5 Å². The zero-order valence-corrected chi connectivity index (χ0v) is 27.1. The number of anilines is 2. The van der Waals surface area contributed by atoms with E-state index in [1.165, 1.54) is 17.8 Å². The molecule has 0 aliphatic rings. The molecule has 6 nitrogen and oxygen atoms in total. The van der Waals surface area contributed by atoms with Crippen LogP contribution in [0.15, 0.2) is 138 Å². The Morgan fingerprint density at radius 2 is 1.37 bits per heavy atom. The molecule has 0 spiro atoms. The SMILES string of the molecule is O=C(Nc1cccc(SC(C(=O)Nc2ccccc2Cl)c2ccccc2)c1)/C(=C\c1ccc(Cl)cc1Cl)NC(=O)c1ccccc1. The van der Waals surface area contributed by atoms with Gasteiger partial charge in [-0.25, -0.2) is 0 Å². The molecule has 3 amide bonds. The second-order valence-corrected chi connectivity index (χ2v) is 12.3. The van der Waals surface area contributed by atoms with Crippen LogP contribution in [0.5, 0.6) is 0 Å². The molecule has 0 bridgehead atoms. The predicted octanol–water partition coefficient (Wildman–Crippen LogP) is 9.53. The van der Waals surface area contributed by atoms with E-state index in [-0.39, 0.29) is 11.6 Å². The number of carbonyl (C=O) groups is 3. The average Bonchev–Trinajstić information content (AvgIpc) is 3.06. The van der Waals surface area contributed by atoms with Gasteiger partial charge in [-0.3, -0.25) is 14.4 Å². The van der Waals surface area contributed by atoms with Crippen molar-refractivity contribution in [2.75, 3.05) is 10.6 Å². The molecular formula is C36H26Cl3N3O3S. The Kier molecular flexibility index (Phi) is 11.2. The molecular weight excluding hydrogens is 661 g/mol. The van der Waals surface area contributed by atoms with Crippen molar-refractivity contribution >= 4 is 81.7 Å². The van der Waals surface area contributed by atoms with Crippen LogP contribution >= 0.6 is 46.6 Å². The number of rotatable bonds is 10. The first kappa shape index (κ1) is 32.9. The summed E-state index contributed by atoms with van der Waals surface area (Å²) in [5.74, 6) is -1.30. The highest BCUT2D eigenvalue weighted by atomic mass is 35.5. The standard InChI is InChI=1S/C36H26Cl3N3O3S/c37-26-19-18-25(30(39)21-26)20-32(42-34(43)24-12-5-2-6-13-24)35(44)40-27-14-9-15-28(22-27)46-33(23-10-3-1-4-11-23)36(45)41-31-17-8-7-16-29(31)38/h1-22,33H,(H,40,44)(H,41,45)(H,42,43)/b32-20+. The van der Waals surface area contributed by atoms with Crippen LogP contribution < -0.4 is 16.0 Å². The van der Waals surface area contributed by atoms with Crippen LogP contribution in [0, 0.1) is 0 Å². The van der Waals surface area contributed by atoms with Gasteiger partial charge in [-0.05, 0) is 71.8 Å². The van der Waals surface area contributed by atoms with E-state index in [4.69, 9.17) is 34.8 Å². The summed E-state index contributed by atoms with van der Waals surface area (Å²) in [4.78, 5) is 40.9. The first-order valence-corrected chi connectivity index (χ1v) is 16.0. The van der Waals surface area contributed by atoms with Crippen molar-refractivity contribution in [2.24, 2.45) is 0 Å². The summed E-state index contributed by atoms with van der Waals surface area (Å²) in [5, 5.41) is 9.04. The smallest absolute Gasteiger partial charge is 0.272 e. The fraction of sp³-hybridized carbons (Fsp3) is 0.0278. The second-order valence-electron chi connectivity index (χ2n) is 9.90. The van der Waals surface area contributed by atoms with Gasteiger partial charge in [-0.15, -0.1) is 11.8 Å². The van der Waals surface area contributed by atoms with Crippen LogP contribution in [-0.4, -0.2) is 17.7 Å². The number of hydrogen-bond donors (Lipinski definition) is 3. The number of thioether (sulfide) groups is 1. The fourth-order valence-electron chi connectivity index (χ4n) is 4.36. The summed E-state index contributed by atoms with van der Waals surface area (Å²) in [6.45, 7) is 0. The maximum atomic E-state index is 13.6. The molecule has 0 fully saturated rings. The highest BCUT2D eigenvalue weighted by Crippen LogP contribution is 2.38. The van der Waals surface area contributed by atoms with Crippen LogP contribution in [0.3, 0.4) is 0 Å². The predicted molar refractivity (Wildman–Crippen MR) is 189 cm³/mol. The second kappa shape index (κ2) is 15.7. The van der Waals surface area contributed by atoms with Gasteiger partial charge in [0.2, 0.25) is 5.91 Å². The molecule has 0 saturated heterocycles. The van der Waals surface area contributed by atoms with Gasteiger partial charge in [-0.1, -0.05) is 108 Å². The minimum absolute atomic E-state index is 0.0302. The lowest BCUT2D eigenvalue weighted by Gasteiger charge is -2.18. The average molecular weight is 687 g/mol. The summed E-state index contributed by atoms with van der Waals surface area (Å²) >= 11 is 20.1. The van der Waals surface area contributed by atoms with Crippen LogP contribution in [-0.2, 0) is 9.59 Å². The lowest BCUT2D eigenvalue weighted by Crippen LogP contribution is -2.30. The summed E-state index contributed by atoms with van der Waals surface area (Å²) in [6, 6.07) is 36.9. The molecule has 5 aromatic rings. The molecule has 0 aliphatic heterocycles. The van der Waals surface area contributed by atoms with Gasteiger partial charge in [0.05, 0.1) is 10.7 Å². The van der Waals surface area contributed by atoms with E-state index >= 15 is 0 Å². The number of amides is 3. The molecule has 0 saturated carbocycles. The quantitative estimate of drug-likeness (QED) is 0.101. The third-order valence-corrected chi connectivity index (χ3v) is 8.75. The van der Waals surface area contributed by atoms with Gasteiger partial charge in [0, 0.05) is 26.2 Å². The van der Waals surface area contributed by atoms with Gasteiger partial charge < -0.3 is 16.0 Å². The molecule has 0 radical (unpaired) electrons. The number of para-hydroxylation sites is 1. The number of benzene rings is 5. The highest BCUT2D eigenvalue weighted by molar-refractivity contribution is 8.00. The van der Waals surface area contributed by atoms with Crippen LogP contribution in [0.4, 0.5) is 11.4 Å². The number of nitrogens with one attached hydrogen (secondary N) is 3. The Bertz CT molecular complexity index is 1900. The number of halogens is 3. The first-order chi connectivity index (χ1) is 22.3. The molecule has 0 heterocycles. The van der Waals surface area contributed by atoms with Crippen LogP contribution in [0.25, 0.3) is 6.08 Å². The van der Waals surface area contributed by atoms with E-state index in [2.05, 4.69) is 16.0 Å². The monoisotopic (exact) mass is 685 g/mol. The molecule has 46 heavy (non-hydrogen) atoms. The maximum Gasteiger partial charge on any atom is 0.272 e. The van der Waals surface area contributed by atoms with Gasteiger partial charge in [0.15, 0.2) is 0 Å². The topological polar surface area (TPSA) is 87.3 Å². The third-order valence-electron chi connectivity index (χ3n) is 6.61. The molecule has 0 aromatic heterocycles.